The molecular formula is C42H56O4P2. The minimum Gasteiger partial charge on any atom is -0.440 e. The first-order valence-corrected chi connectivity index (χ1v) is 18.5. The molecule has 4 aromatic carbocycles. The second-order valence-corrected chi connectivity index (χ2v) is 18.1. The number of rotatable bonds is 9. The van der Waals surface area contributed by atoms with Crippen LogP contribution >= 0.6 is 18.1 Å². The van der Waals surface area contributed by atoms with Crippen LogP contribution in [0.4, 0.5) is 0 Å². The van der Waals surface area contributed by atoms with Crippen molar-refractivity contribution in [2.75, 3.05) is 0 Å². The van der Waals surface area contributed by atoms with Crippen molar-refractivity contribution < 1.29 is 18.1 Å². The zero-order valence-electron chi connectivity index (χ0n) is 31.6. The van der Waals surface area contributed by atoms with E-state index >= 15 is 0 Å². The molecule has 4 rings (SSSR count). The molecule has 0 saturated heterocycles. The summed E-state index contributed by atoms with van der Waals surface area (Å²) in [6.45, 7) is 31.2. The van der Waals surface area contributed by atoms with Gasteiger partial charge in [-0.25, -0.2) is 0 Å². The van der Waals surface area contributed by atoms with Gasteiger partial charge in [0.15, 0.2) is 0 Å². The minimum absolute atomic E-state index is 0.0988. The summed E-state index contributed by atoms with van der Waals surface area (Å²) in [5.41, 5.74) is 8.28. The summed E-state index contributed by atoms with van der Waals surface area (Å²) in [6, 6.07) is 25.4. The monoisotopic (exact) mass is 686 g/mol. The first kappa shape index (κ1) is 37.8. The molecule has 0 spiro atoms. The van der Waals surface area contributed by atoms with E-state index in [4.69, 9.17) is 18.1 Å². The van der Waals surface area contributed by atoms with Crippen molar-refractivity contribution in [2.24, 2.45) is 0 Å². The van der Waals surface area contributed by atoms with Crippen molar-refractivity contribution in [3.05, 3.63) is 106 Å². The summed E-state index contributed by atoms with van der Waals surface area (Å²) in [5.74, 6) is 3.29. The zero-order chi connectivity index (χ0) is 35.7. The average Bonchev–Trinajstić information content (AvgIpc) is 2.96. The second-order valence-electron chi connectivity index (χ2n) is 16.9. The molecular weight excluding hydrogens is 630 g/mol. The fraction of sp³-hybridized carbons (Fsp3) is 0.429. The molecule has 0 radical (unpaired) electrons. The Balaban J connectivity index is 2.00. The van der Waals surface area contributed by atoms with E-state index in [9.17, 15) is 0 Å². The molecule has 0 aliphatic rings. The Labute approximate surface area is 294 Å². The van der Waals surface area contributed by atoms with Crippen molar-refractivity contribution in [3.8, 4) is 34.1 Å². The summed E-state index contributed by atoms with van der Waals surface area (Å²) in [6.07, 6.45) is 0. The molecule has 48 heavy (non-hydrogen) atoms. The van der Waals surface area contributed by atoms with Crippen LogP contribution in [0.3, 0.4) is 0 Å². The van der Waals surface area contributed by atoms with E-state index in [0.29, 0.717) is 0 Å². The van der Waals surface area contributed by atoms with E-state index in [1.165, 1.54) is 11.1 Å². The topological polar surface area (TPSA) is 36.9 Å². The smallest absolute Gasteiger partial charge is 0.275 e. The lowest BCUT2D eigenvalue weighted by molar-refractivity contribution is 0.484. The van der Waals surface area contributed by atoms with Crippen LogP contribution in [0.5, 0.6) is 23.0 Å². The normalized spacial score (nSPS) is 13.0. The summed E-state index contributed by atoms with van der Waals surface area (Å²) < 4.78 is 26.1. The second kappa shape index (κ2) is 14.4. The van der Waals surface area contributed by atoms with E-state index in [1.54, 1.807) is 0 Å². The Bertz CT molecular complexity index is 1600. The maximum atomic E-state index is 6.79. The van der Waals surface area contributed by atoms with Crippen LogP contribution in [0.1, 0.15) is 116 Å². The quantitative estimate of drug-likeness (QED) is 0.164. The molecule has 0 aliphatic heterocycles. The highest BCUT2D eigenvalue weighted by atomic mass is 31.1. The van der Waals surface area contributed by atoms with Crippen LogP contribution in [-0.4, -0.2) is 0 Å². The lowest BCUT2D eigenvalue weighted by Crippen LogP contribution is -2.19. The molecule has 0 aliphatic carbocycles. The van der Waals surface area contributed by atoms with E-state index in [-0.39, 0.29) is 39.7 Å². The molecule has 0 amide bonds. The van der Waals surface area contributed by atoms with Crippen LogP contribution in [0.25, 0.3) is 11.1 Å². The Morgan fingerprint density at radius 2 is 0.750 bits per heavy atom. The van der Waals surface area contributed by atoms with E-state index < -0.39 is 0 Å². The number of hydrogen-bond donors (Lipinski definition) is 0. The largest absolute Gasteiger partial charge is 0.440 e. The highest BCUT2D eigenvalue weighted by Crippen LogP contribution is 2.51. The third-order valence-electron chi connectivity index (χ3n) is 8.59. The highest BCUT2D eigenvalue weighted by Gasteiger charge is 2.32. The molecule has 6 heteroatoms. The lowest BCUT2D eigenvalue weighted by Gasteiger charge is -2.32. The summed E-state index contributed by atoms with van der Waals surface area (Å²) in [7, 11) is -0.460. The zero-order valence-corrected chi connectivity index (χ0v) is 33.6. The van der Waals surface area contributed by atoms with Gasteiger partial charge < -0.3 is 18.1 Å². The summed E-state index contributed by atoms with van der Waals surface area (Å²) >= 11 is 0. The average molecular weight is 687 g/mol. The van der Waals surface area contributed by atoms with Gasteiger partial charge in [0.05, 0.1) is 0 Å². The molecule has 0 aromatic heterocycles. The first-order chi connectivity index (χ1) is 22.2. The van der Waals surface area contributed by atoms with Gasteiger partial charge in [0.25, 0.3) is 18.1 Å². The Morgan fingerprint density at radius 3 is 1.04 bits per heavy atom. The first-order valence-electron chi connectivity index (χ1n) is 16.8. The van der Waals surface area contributed by atoms with E-state index in [0.717, 1.165) is 56.4 Å². The van der Waals surface area contributed by atoms with Gasteiger partial charge in [0.2, 0.25) is 0 Å². The van der Waals surface area contributed by atoms with Gasteiger partial charge >= 0.3 is 0 Å². The third kappa shape index (κ3) is 9.13. The number of benzene rings is 4. The molecule has 0 N–H and O–H groups in total. The molecule has 2 atom stereocenters. The standard InChI is InChI=1S/C42H56O4P2/c1-27-19-15-17-21-35(27)43-47-45-37-31(23-29(39(3,4)5)25-33(37)41(9,10)11)32-24-30(40(6,7)8)26-34(42(12,13)14)38(32)46-48-44-36-22-18-16-20-28(36)2/h15-26,47-48H,1-14H3. The minimum atomic E-state index is -0.230. The van der Waals surface area contributed by atoms with Gasteiger partial charge in [0, 0.05) is 22.3 Å². The van der Waals surface area contributed by atoms with Gasteiger partial charge in [-0.2, -0.15) is 0 Å². The van der Waals surface area contributed by atoms with Crippen LogP contribution < -0.4 is 18.1 Å². The SMILES string of the molecule is Cc1ccccc1OPOc1c(-c2cc(C(C)(C)C)cc(C(C)(C)C)c2OPOc2ccccc2C)cc(C(C)(C)C)cc1C(C)(C)C. The van der Waals surface area contributed by atoms with Crippen LogP contribution in [0, 0.1) is 13.8 Å². The van der Waals surface area contributed by atoms with Gasteiger partial charge in [-0.1, -0.05) is 132 Å². The lowest BCUT2D eigenvalue weighted by atomic mass is 9.75. The third-order valence-corrected chi connectivity index (χ3v) is 9.78. The van der Waals surface area contributed by atoms with Gasteiger partial charge in [-0.15, -0.1) is 0 Å². The molecule has 4 aromatic rings. The van der Waals surface area contributed by atoms with Crippen LogP contribution in [0.2, 0.25) is 0 Å². The van der Waals surface area contributed by atoms with Crippen LogP contribution in [0.15, 0.2) is 72.8 Å². The highest BCUT2D eigenvalue weighted by molar-refractivity contribution is 7.27. The Morgan fingerprint density at radius 1 is 0.417 bits per heavy atom. The Kier molecular flexibility index (Phi) is 11.3. The molecule has 4 nitrogen and oxygen atoms in total. The molecule has 0 saturated carbocycles. The maximum Gasteiger partial charge on any atom is 0.275 e. The number of aryl methyl sites for hydroxylation is 2. The van der Waals surface area contributed by atoms with Crippen molar-refractivity contribution in [1.29, 1.82) is 0 Å². The van der Waals surface area contributed by atoms with Gasteiger partial charge in [-0.05, 0) is 82.0 Å². The molecule has 258 valence electrons. The maximum absolute atomic E-state index is 6.79. The Hall–Kier alpha value is -3.06. The molecule has 0 heterocycles. The van der Waals surface area contributed by atoms with Crippen molar-refractivity contribution in [1.82, 2.24) is 0 Å². The molecule has 2 unspecified atom stereocenters. The van der Waals surface area contributed by atoms with Gasteiger partial charge in [0.1, 0.15) is 23.0 Å². The van der Waals surface area contributed by atoms with Crippen LogP contribution in [-0.2, 0) is 21.7 Å². The summed E-state index contributed by atoms with van der Waals surface area (Å²) in [5, 5.41) is 0. The molecule has 0 bridgehead atoms. The number of para-hydroxylation sites is 2. The number of hydrogen-bond acceptors (Lipinski definition) is 4. The fourth-order valence-electron chi connectivity index (χ4n) is 5.41. The fourth-order valence-corrected chi connectivity index (χ4v) is 6.74. The van der Waals surface area contributed by atoms with E-state index in [1.807, 2.05) is 36.4 Å². The predicted octanol–water partition coefficient (Wildman–Crippen LogP) is 13.1. The van der Waals surface area contributed by atoms with Crippen molar-refractivity contribution in [3.63, 3.8) is 0 Å². The predicted molar refractivity (Wildman–Crippen MR) is 208 cm³/mol. The van der Waals surface area contributed by atoms with Crippen molar-refractivity contribution in [2.45, 2.75) is 119 Å². The van der Waals surface area contributed by atoms with Crippen molar-refractivity contribution >= 4 is 18.1 Å². The van der Waals surface area contributed by atoms with E-state index in [2.05, 4.69) is 133 Å². The van der Waals surface area contributed by atoms with Gasteiger partial charge in [-0.3, -0.25) is 0 Å². The summed E-state index contributed by atoms with van der Waals surface area (Å²) in [4.78, 5) is 0. The molecule has 0 fully saturated rings.